The second-order valence-electron chi connectivity index (χ2n) is 6.19. The maximum absolute atomic E-state index is 12.2. The van der Waals surface area contributed by atoms with Gasteiger partial charge in [0.05, 0.1) is 24.0 Å². The van der Waals surface area contributed by atoms with E-state index in [-0.39, 0.29) is 11.7 Å². The number of aromatic nitrogens is 2. The van der Waals surface area contributed by atoms with Crippen LogP contribution in [0.5, 0.6) is 5.88 Å². The number of H-pyrrole nitrogens is 1. The number of rotatable bonds is 4. The number of benzene rings is 1. The van der Waals surface area contributed by atoms with Gasteiger partial charge < -0.3 is 9.84 Å². The normalized spacial score (nSPS) is 17.8. The Labute approximate surface area is 144 Å². The molecule has 0 aliphatic carbocycles. The van der Waals surface area contributed by atoms with Crippen LogP contribution in [-0.2, 0) is 4.74 Å². The third-order valence-corrected chi connectivity index (χ3v) is 4.30. The number of aliphatic imine (C=N–C) groups is 1. The summed E-state index contributed by atoms with van der Waals surface area (Å²) < 4.78 is 6.58. The van der Waals surface area contributed by atoms with Crippen LogP contribution >= 0.6 is 0 Å². The second-order valence-corrected chi connectivity index (χ2v) is 6.19. The smallest absolute Gasteiger partial charge is 0.335 e. The van der Waals surface area contributed by atoms with Crippen LogP contribution in [-0.4, -0.2) is 39.6 Å². The molecule has 0 bridgehead atoms. The Morgan fingerprint density at radius 1 is 1.36 bits per heavy atom. The zero-order valence-corrected chi connectivity index (χ0v) is 14.3. The van der Waals surface area contributed by atoms with Gasteiger partial charge in [0.1, 0.15) is 5.56 Å². The average molecular weight is 343 g/mol. The quantitative estimate of drug-likeness (QED) is 0.823. The molecule has 2 heterocycles. The van der Waals surface area contributed by atoms with Gasteiger partial charge in [-0.3, -0.25) is 14.8 Å². The lowest BCUT2D eigenvalue weighted by atomic mass is 10.2. The molecule has 0 spiro atoms. The van der Waals surface area contributed by atoms with E-state index in [2.05, 4.69) is 9.98 Å². The lowest BCUT2D eigenvalue weighted by molar-refractivity contribution is 0.118. The van der Waals surface area contributed by atoms with Gasteiger partial charge in [0.2, 0.25) is 5.88 Å². The fourth-order valence-electron chi connectivity index (χ4n) is 2.89. The van der Waals surface area contributed by atoms with E-state index >= 15 is 0 Å². The number of hydrogen-bond acceptors (Lipinski definition) is 5. The third-order valence-electron chi connectivity index (χ3n) is 4.30. The number of aromatic amines is 1. The summed E-state index contributed by atoms with van der Waals surface area (Å²) in [5.74, 6) is -0.411. The first-order valence-corrected chi connectivity index (χ1v) is 8.25. The summed E-state index contributed by atoms with van der Waals surface area (Å²) in [4.78, 5) is 31.0. The van der Waals surface area contributed by atoms with Gasteiger partial charge in [0.15, 0.2) is 0 Å². The van der Waals surface area contributed by atoms with E-state index in [0.29, 0.717) is 17.9 Å². The number of aryl methyl sites for hydroxylation is 1. The predicted octanol–water partition coefficient (Wildman–Crippen LogP) is 1.53. The molecule has 1 saturated heterocycles. The maximum atomic E-state index is 12.2. The fourth-order valence-corrected chi connectivity index (χ4v) is 2.89. The first kappa shape index (κ1) is 17.2. The molecule has 7 nitrogen and oxygen atoms in total. The first-order valence-electron chi connectivity index (χ1n) is 8.25. The van der Waals surface area contributed by atoms with E-state index < -0.39 is 17.1 Å². The van der Waals surface area contributed by atoms with Crippen molar-refractivity contribution in [3.63, 3.8) is 0 Å². The molecule has 3 rings (SSSR count). The molecule has 0 saturated carbocycles. The van der Waals surface area contributed by atoms with Crippen molar-refractivity contribution >= 4 is 5.71 Å². The topological polar surface area (TPSA) is 96.7 Å². The fraction of sp³-hybridized carbons (Fsp3) is 0.389. The molecule has 132 valence electrons. The average Bonchev–Trinajstić information content (AvgIpc) is 3.07. The Kier molecular flexibility index (Phi) is 4.85. The molecule has 1 aliphatic heterocycles. The molecule has 1 aromatic carbocycles. The zero-order valence-electron chi connectivity index (χ0n) is 14.3. The number of nitrogens with one attached hydrogen (secondary N) is 1. The van der Waals surface area contributed by atoms with Crippen molar-refractivity contribution in [3.8, 4) is 11.6 Å². The van der Waals surface area contributed by atoms with Gasteiger partial charge >= 0.3 is 5.69 Å². The van der Waals surface area contributed by atoms with Crippen molar-refractivity contribution in [1.29, 1.82) is 0 Å². The van der Waals surface area contributed by atoms with E-state index in [9.17, 15) is 14.7 Å². The summed E-state index contributed by atoms with van der Waals surface area (Å²) in [5, 5.41) is 10.6. The van der Waals surface area contributed by atoms with Crippen molar-refractivity contribution in [2.24, 2.45) is 4.99 Å². The summed E-state index contributed by atoms with van der Waals surface area (Å²) in [7, 11) is 0. The van der Waals surface area contributed by atoms with Gasteiger partial charge in [0, 0.05) is 6.61 Å². The molecule has 2 N–H and O–H groups in total. The summed E-state index contributed by atoms with van der Waals surface area (Å²) in [6.45, 7) is 4.72. The molecule has 25 heavy (non-hydrogen) atoms. The van der Waals surface area contributed by atoms with E-state index in [1.807, 2.05) is 19.1 Å². The molecular formula is C18H21N3O4. The van der Waals surface area contributed by atoms with Crippen molar-refractivity contribution in [2.75, 3.05) is 13.2 Å². The van der Waals surface area contributed by atoms with Crippen LogP contribution in [0, 0.1) is 6.92 Å². The highest BCUT2D eigenvalue weighted by Gasteiger charge is 2.19. The Morgan fingerprint density at radius 3 is 2.72 bits per heavy atom. The molecule has 1 fully saturated rings. The van der Waals surface area contributed by atoms with Crippen molar-refractivity contribution in [2.45, 2.75) is 32.8 Å². The van der Waals surface area contributed by atoms with Crippen LogP contribution in [0.4, 0.5) is 0 Å². The zero-order chi connectivity index (χ0) is 18.0. The first-order chi connectivity index (χ1) is 12.0. The highest BCUT2D eigenvalue weighted by atomic mass is 16.5. The van der Waals surface area contributed by atoms with E-state index in [1.54, 1.807) is 19.1 Å². The highest BCUT2D eigenvalue weighted by Crippen LogP contribution is 2.18. The van der Waals surface area contributed by atoms with Crippen LogP contribution < -0.4 is 11.2 Å². The number of nitrogens with zero attached hydrogens (tertiary/aromatic N) is 2. The molecular weight excluding hydrogens is 322 g/mol. The largest absolute Gasteiger partial charge is 0.493 e. The SMILES string of the molecule is CC(=NC[C@H]1CCCO1)c1c(O)n(-c2ccc(C)cc2)c(=O)[nH]c1=O. The number of ether oxygens (including phenoxy) is 1. The van der Waals surface area contributed by atoms with Gasteiger partial charge in [-0.2, -0.15) is 0 Å². The van der Waals surface area contributed by atoms with E-state index in [1.165, 1.54) is 0 Å². The summed E-state index contributed by atoms with van der Waals surface area (Å²) in [6.07, 6.45) is 1.98. The monoisotopic (exact) mass is 343 g/mol. The van der Waals surface area contributed by atoms with Gasteiger partial charge in [-0.15, -0.1) is 0 Å². The van der Waals surface area contributed by atoms with Gasteiger partial charge in [-0.1, -0.05) is 17.7 Å². The standard InChI is InChI=1S/C18H21N3O4/c1-11-5-7-13(8-6-11)21-17(23)15(16(22)20-18(21)24)12(2)19-10-14-4-3-9-25-14/h5-8,14,23H,3-4,9-10H2,1-2H3,(H,20,22,24)/t14-/m1/s1. The molecule has 1 atom stereocenters. The molecule has 0 radical (unpaired) electrons. The lowest BCUT2D eigenvalue weighted by Crippen LogP contribution is -2.33. The Morgan fingerprint density at radius 2 is 2.08 bits per heavy atom. The Bertz CT molecular complexity index is 903. The Hall–Kier alpha value is -2.67. The molecule has 2 aromatic rings. The van der Waals surface area contributed by atoms with Gasteiger partial charge in [0.25, 0.3) is 5.56 Å². The lowest BCUT2D eigenvalue weighted by Gasteiger charge is -2.12. The number of aromatic hydroxyl groups is 1. The predicted molar refractivity (Wildman–Crippen MR) is 95.1 cm³/mol. The van der Waals surface area contributed by atoms with E-state index in [4.69, 9.17) is 4.74 Å². The van der Waals surface area contributed by atoms with E-state index in [0.717, 1.165) is 29.6 Å². The maximum Gasteiger partial charge on any atom is 0.335 e. The summed E-state index contributed by atoms with van der Waals surface area (Å²) in [5.41, 5.74) is 0.516. The summed E-state index contributed by atoms with van der Waals surface area (Å²) >= 11 is 0. The van der Waals surface area contributed by atoms with Crippen molar-refractivity contribution in [3.05, 3.63) is 56.2 Å². The number of hydrogen-bond donors (Lipinski definition) is 2. The van der Waals surface area contributed by atoms with Crippen LogP contribution in [0.1, 0.15) is 30.9 Å². The third kappa shape index (κ3) is 3.56. The molecule has 1 aliphatic rings. The second kappa shape index (κ2) is 7.06. The minimum absolute atomic E-state index is 0.00169. The van der Waals surface area contributed by atoms with Gasteiger partial charge in [-0.05, 0) is 38.8 Å². The summed E-state index contributed by atoms with van der Waals surface area (Å²) in [6, 6.07) is 7.06. The minimum Gasteiger partial charge on any atom is -0.493 e. The molecule has 0 unspecified atom stereocenters. The van der Waals surface area contributed by atoms with Crippen molar-refractivity contribution < 1.29 is 9.84 Å². The van der Waals surface area contributed by atoms with Gasteiger partial charge in [-0.25, -0.2) is 9.36 Å². The van der Waals surface area contributed by atoms with Crippen molar-refractivity contribution in [1.82, 2.24) is 9.55 Å². The molecule has 7 heteroatoms. The Balaban J connectivity index is 2.03. The highest BCUT2D eigenvalue weighted by molar-refractivity contribution is 6.00. The van der Waals surface area contributed by atoms with Crippen LogP contribution in [0.2, 0.25) is 0 Å². The molecule has 1 aromatic heterocycles. The van der Waals surface area contributed by atoms with Crippen LogP contribution in [0.15, 0.2) is 38.8 Å². The van der Waals surface area contributed by atoms with Crippen LogP contribution in [0.25, 0.3) is 5.69 Å². The minimum atomic E-state index is -0.693. The van der Waals surface area contributed by atoms with Crippen LogP contribution in [0.3, 0.4) is 0 Å². The molecule has 0 amide bonds.